The minimum Gasteiger partial charge on any atom is -0.381 e. The van der Waals surface area contributed by atoms with E-state index in [1.54, 1.807) is 7.05 Å². The molecule has 2 aliphatic rings. The van der Waals surface area contributed by atoms with Crippen LogP contribution in [0.15, 0.2) is 29.3 Å². The van der Waals surface area contributed by atoms with Crippen molar-refractivity contribution in [1.82, 2.24) is 10.6 Å². The molecule has 1 aromatic carbocycles. The maximum absolute atomic E-state index is 6.53. The van der Waals surface area contributed by atoms with Crippen molar-refractivity contribution in [2.24, 2.45) is 4.99 Å². The highest BCUT2D eigenvalue weighted by atomic mass is 127. The van der Waals surface area contributed by atoms with Crippen molar-refractivity contribution in [1.29, 1.82) is 0 Å². The molecule has 0 spiro atoms. The van der Waals surface area contributed by atoms with Crippen LogP contribution in [0.3, 0.4) is 0 Å². The summed E-state index contributed by atoms with van der Waals surface area (Å²) in [5, 5.41) is 7.70. The van der Waals surface area contributed by atoms with Crippen LogP contribution in [0.2, 0.25) is 5.02 Å². The number of ether oxygens (including phenoxy) is 3. The predicted octanol–water partition coefficient (Wildman–Crippen LogP) is 3.37. The second kappa shape index (κ2) is 12.9. The molecule has 29 heavy (non-hydrogen) atoms. The Kier molecular flexibility index (Phi) is 11.0. The highest BCUT2D eigenvalue weighted by Gasteiger charge is 2.36. The maximum Gasteiger partial charge on any atom is 0.191 e. The van der Waals surface area contributed by atoms with E-state index in [-0.39, 0.29) is 35.5 Å². The molecule has 0 aromatic heterocycles. The zero-order valence-corrected chi connectivity index (χ0v) is 20.2. The highest BCUT2D eigenvalue weighted by molar-refractivity contribution is 14.0. The van der Waals surface area contributed by atoms with E-state index in [9.17, 15) is 0 Å². The second-order valence-electron chi connectivity index (χ2n) is 7.44. The third-order valence-electron chi connectivity index (χ3n) is 5.57. The van der Waals surface area contributed by atoms with Gasteiger partial charge in [-0.2, -0.15) is 0 Å². The van der Waals surface area contributed by atoms with Crippen LogP contribution in [0.25, 0.3) is 0 Å². The van der Waals surface area contributed by atoms with Gasteiger partial charge in [0.05, 0.1) is 12.7 Å². The first-order valence-electron chi connectivity index (χ1n) is 10.2. The molecule has 0 saturated carbocycles. The third-order valence-corrected chi connectivity index (χ3v) is 5.90. The number of benzene rings is 1. The lowest BCUT2D eigenvalue weighted by atomic mass is 9.74. The van der Waals surface area contributed by atoms with Gasteiger partial charge in [-0.25, -0.2) is 0 Å². The summed E-state index contributed by atoms with van der Waals surface area (Å²) < 4.78 is 16.7. The van der Waals surface area contributed by atoms with Gasteiger partial charge in [0.25, 0.3) is 0 Å². The Morgan fingerprint density at radius 1 is 1.21 bits per heavy atom. The van der Waals surface area contributed by atoms with Crippen molar-refractivity contribution in [3.63, 3.8) is 0 Å². The van der Waals surface area contributed by atoms with Crippen LogP contribution in [-0.4, -0.2) is 65.2 Å². The van der Waals surface area contributed by atoms with Crippen LogP contribution in [0.1, 0.15) is 31.2 Å². The lowest BCUT2D eigenvalue weighted by molar-refractivity contribution is 0.0419. The molecular formula is C21H33ClIN3O3. The summed E-state index contributed by atoms with van der Waals surface area (Å²) in [4.78, 5) is 4.36. The number of halogens is 2. The molecular weight excluding hydrogens is 505 g/mol. The quantitative estimate of drug-likeness (QED) is 0.230. The van der Waals surface area contributed by atoms with E-state index in [1.165, 1.54) is 5.56 Å². The molecule has 2 heterocycles. The number of hydrogen-bond acceptors (Lipinski definition) is 4. The lowest BCUT2D eigenvalue weighted by Gasteiger charge is -2.38. The summed E-state index contributed by atoms with van der Waals surface area (Å²) in [6.07, 6.45) is 4.09. The molecule has 2 N–H and O–H groups in total. The van der Waals surface area contributed by atoms with Crippen LogP contribution in [0.4, 0.5) is 0 Å². The number of rotatable bonds is 8. The van der Waals surface area contributed by atoms with E-state index >= 15 is 0 Å². The number of nitrogens with zero attached hydrogens (tertiary/aromatic N) is 1. The van der Waals surface area contributed by atoms with Gasteiger partial charge in [0.1, 0.15) is 0 Å². The topological polar surface area (TPSA) is 64.1 Å². The van der Waals surface area contributed by atoms with Gasteiger partial charge in [-0.1, -0.05) is 29.8 Å². The van der Waals surface area contributed by atoms with E-state index in [4.69, 9.17) is 25.8 Å². The molecule has 6 nitrogen and oxygen atoms in total. The molecule has 2 aliphatic heterocycles. The molecule has 1 unspecified atom stereocenters. The smallest absolute Gasteiger partial charge is 0.191 e. The van der Waals surface area contributed by atoms with Gasteiger partial charge >= 0.3 is 0 Å². The Labute approximate surface area is 196 Å². The third kappa shape index (κ3) is 7.24. The minimum absolute atomic E-state index is 0. The molecule has 2 saturated heterocycles. The molecule has 164 valence electrons. The van der Waals surface area contributed by atoms with Crippen molar-refractivity contribution in [3.05, 3.63) is 34.9 Å². The van der Waals surface area contributed by atoms with E-state index in [0.717, 1.165) is 82.8 Å². The molecule has 1 aromatic rings. The number of nitrogens with one attached hydrogen (secondary N) is 2. The van der Waals surface area contributed by atoms with Crippen LogP contribution < -0.4 is 10.6 Å². The maximum atomic E-state index is 6.53. The van der Waals surface area contributed by atoms with Crippen LogP contribution in [-0.2, 0) is 19.6 Å². The van der Waals surface area contributed by atoms with E-state index < -0.39 is 0 Å². The van der Waals surface area contributed by atoms with Crippen LogP contribution >= 0.6 is 35.6 Å². The van der Waals surface area contributed by atoms with Crippen LogP contribution in [0.5, 0.6) is 0 Å². The minimum atomic E-state index is -0.0419. The fourth-order valence-corrected chi connectivity index (χ4v) is 4.18. The Balaban J connectivity index is 0.00000300. The van der Waals surface area contributed by atoms with Crippen molar-refractivity contribution >= 4 is 41.5 Å². The van der Waals surface area contributed by atoms with Gasteiger partial charge in [0, 0.05) is 57.0 Å². The van der Waals surface area contributed by atoms with Gasteiger partial charge < -0.3 is 24.8 Å². The van der Waals surface area contributed by atoms with Crippen LogP contribution in [0, 0.1) is 0 Å². The van der Waals surface area contributed by atoms with Gasteiger partial charge in [-0.15, -0.1) is 24.0 Å². The van der Waals surface area contributed by atoms with Crippen molar-refractivity contribution in [3.8, 4) is 0 Å². The van der Waals surface area contributed by atoms with Crippen molar-refractivity contribution in [2.75, 3.05) is 53.2 Å². The molecule has 0 bridgehead atoms. The molecule has 3 rings (SSSR count). The van der Waals surface area contributed by atoms with Gasteiger partial charge in [-0.05, 0) is 37.3 Å². The number of guanidine groups is 1. The zero-order valence-electron chi connectivity index (χ0n) is 17.1. The first-order chi connectivity index (χ1) is 13.7. The standard InChI is InChI=1S/C21H32ClN3O3.HI/c1-23-20(24-10-4-11-28-17-7-12-27-15-17)25-16-21(8-13-26-14-9-21)18-5-2-3-6-19(18)22;/h2-3,5-6,17H,4,7-16H2,1H3,(H2,23,24,25);1H. The summed E-state index contributed by atoms with van der Waals surface area (Å²) in [5.74, 6) is 0.808. The Morgan fingerprint density at radius 3 is 2.69 bits per heavy atom. The fraction of sp³-hybridized carbons (Fsp3) is 0.667. The molecule has 2 fully saturated rings. The Morgan fingerprint density at radius 2 is 2.00 bits per heavy atom. The molecule has 8 heteroatoms. The average Bonchev–Trinajstić information content (AvgIpc) is 3.24. The largest absolute Gasteiger partial charge is 0.381 e. The molecule has 0 aliphatic carbocycles. The van der Waals surface area contributed by atoms with E-state index in [1.807, 2.05) is 12.1 Å². The van der Waals surface area contributed by atoms with E-state index in [2.05, 4.69) is 27.8 Å². The zero-order chi connectivity index (χ0) is 19.7. The normalized spacial score (nSPS) is 21.4. The van der Waals surface area contributed by atoms with E-state index in [0.29, 0.717) is 0 Å². The monoisotopic (exact) mass is 537 g/mol. The molecule has 1 atom stereocenters. The summed E-state index contributed by atoms with van der Waals surface area (Å²) in [6, 6.07) is 8.14. The highest BCUT2D eigenvalue weighted by Crippen LogP contribution is 2.38. The summed E-state index contributed by atoms with van der Waals surface area (Å²) >= 11 is 6.53. The fourth-order valence-electron chi connectivity index (χ4n) is 3.84. The molecule has 0 amide bonds. The number of hydrogen-bond donors (Lipinski definition) is 2. The van der Waals surface area contributed by atoms with Gasteiger partial charge in [0.15, 0.2) is 5.96 Å². The Bertz CT molecular complexity index is 635. The SMILES string of the molecule is CN=C(NCCCOC1CCOC1)NCC1(c2ccccc2Cl)CCOCC1.I. The predicted molar refractivity (Wildman–Crippen MR) is 128 cm³/mol. The number of aliphatic imine (C=N–C) groups is 1. The van der Waals surface area contributed by atoms with Crippen molar-refractivity contribution in [2.45, 2.75) is 37.2 Å². The van der Waals surface area contributed by atoms with Gasteiger partial charge in [0.2, 0.25) is 0 Å². The summed E-state index contributed by atoms with van der Waals surface area (Å²) in [6.45, 7) is 5.37. The summed E-state index contributed by atoms with van der Waals surface area (Å²) in [7, 11) is 1.80. The first-order valence-corrected chi connectivity index (χ1v) is 10.6. The second-order valence-corrected chi connectivity index (χ2v) is 7.84. The first kappa shape index (κ1) is 24.7. The van der Waals surface area contributed by atoms with Crippen molar-refractivity contribution < 1.29 is 14.2 Å². The average molecular weight is 538 g/mol. The van der Waals surface area contributed by atoms with Gasteiger partial charge in [-0.3, -0.25) is 4.99 Å². The Hall–Kier alpha value is -0.610. The lowest BCUT2D eigenvalue weighted by Crippen LogP contribution is -2.48. The summed E-state index contributed by atoms with van der Waals surface area (Å²) in [5.41, 5.74) is 1.15. The molecule has 0 radical (unpaired) electrons.